The van der Waals surface area contributed by atoms with E-state index < -0.39 is 9.84 Å². The molecule has 3 atom stereocenters. The lowest BCUT2D eigenvalue weighted by Crippen LogP contribution is -2.40. The van der Waals surface area contributed by atoms with Gasteiger partial charge in [-0.2, -0.15) is 0 Å². The molecule has 1 aliphatic rings. The smallest absolute Gasteiger partial charge is 0.181 e. The Kier molecular flexibility index (Phi) is 3.28. The van der Waals surface area contributed by atoms with Crippen LogP contribution in [0.2, 0.25) is 0 Å². The lowest BCUT2D eigenvalue weighted by atomic mass is 9.89. The summed E-state index contributed by atoms with van der Waals surface area (Å²) in [7, 11) is -1.30. The second-order valence-corrected chi connectivity index (χ2v) is 7.62. The molecular formula is C14H21NO2S. The predicted octanol–water partition coefficient (Wildman–Crippen LogP) is 2.38. The highest BCUT2D eigenvalue weighted by atomic mass is 32.2. The minimum absolute atomic E-state index is 0.0775. The minimum Gasteiger partial charge on any atom is -0.313 e. The number of sulfone groups is 1. The molecular weight excluding hydrogens is 246 g/mol. The summed E-state index contributed by atoms with van der Waals surface area (Å²) in [5.41, 5.74) is 2.91. The van der Waals surface area contributed by atoms with Gasteiger partial charge in [0, 0.05) is 6.04 Å². The van der Waals surface area contributed by atoms with Crippen LogP contribution in [0.3, 0.4) is 0 Å². The molecule has 3 nitrogen and oxygen atoms in total. The predicted molar refractivity (Wildman–Crippen MR) is 73.5 cm³/mol. The standard InChI is InChI=1S/C14H21NO2S/c1-8-6-9(2)14-12(7-8)13(15-5)10(3)11(4)18(14,16)17/h6-7,10-11,13,15H,1-5H3. The molecule has 0 spiro atoms. The Labute approximate surface area is 110 Å². The van der Waals surface area contributed by atoms with Crippen molar-refractivity contribution in [1.82, 2.24) is 5.32 Å². The lowest BCUT2D eigenvalue weighted by molar-refractivity contribution is 0.378. The SMILES string of the molecule is CNC1c2cc(C)cc(C)c2S(=O)(=O)C(C)C1C. The van der Waals surface area contributed by atoms with Crippen molar-refractivity contribution >= 4 is 9.84 Å². The van der Waals surface area contributed by atoms with Gasteiger partial charge in [-0.25, -0.2) is 8.42 Å². The van der Waals surface area contributed by atoms with Crippen LogP contribution < -0.4 is 5.32 Å². The molecule has 18 heavy (non-hydrogen) atoms. The van der Waals surface area contributed by atoms with Crippen LogP contribution in [0.5, 0.6) is 0 Å². The van der Waals surface area contributed by atoms with Gasteiger partial charge in [-0.15, -0.1) is 0 Å². The fourth-order valence-electron chi connectivity index (χ4n) is 3.05. The molecule has 0 amide bonds. The van der Waals surface area contributed by atoms with Crippen molar-refractivity contribution < 1.29 is 8.42 Å². The number of rotatable bonds is 1. The summed E-state index contributed by atoms with van der Waals surface area (Å²) in [6.07, 6.45) is 0. The normalized spacial score (nSPS) is 29.9. The number of aryl methyl sites for hydroxylation is 2. The zero-order chi connectivity index (χ0) is 13.7. The molecule has 3 unspecified atom stereocenters. The summed E-state index contributed by atoms with van der Waals surface area (Å²) in [6, 6.07) is 4.06. The zero-order valence-electron chi connectivity index (χ0n) is 11.6. The Hall–Kier alpha value is -0.870. The third-order valence-corrected chi connectivity index (χ3v) is 6.67. The van der Waals surface area contributed by atoms with Crippen molar-refractivity contribution in [3.63, 3.8) is 0 Å². The molecule has 0 aromatic heterocycles. The van der Waals surface area contributed by atoms with Crippen molar-refractivity contribution in [2.45, 2.75) is 43.9 Å². The van der Waals surface area contributed by atoms with Crippen LogP contribution in [0.4, 0.5) is 0 Å². The molecule has 0 saturated carbocycles. The molecule has 0 aliphatic carbocycles. The average molecular weight is 267 g/mol. The van der Waals surface area contributed by atoms with Crippen molar-refractivity contribution in [1.29, 1.82) is 0 Å². The first-order valence-electron chi connectivity index (χ1n) is 6.33. The van der Waals surface area contributed by atoms with Gasteiger partial charge in [-0.3, -0.25) is 0 Å². The van der Waals surface area contributed by atoms with Gasteiger partial charge in [0.1, 0.15) is 0 Å². The van der Waals surface area contributed by atoms with Gasteiger partial charge in [-0.05, 0) is 44.9 Å². The van der Waals surface area contributed by atoms with Crippen LogP contribution in [0.25, 0.3) is 0 Å². The first-order chi connectivity index (χ1) is 8.30. The van der Waals surface area contributed by atoms with Crippen molar-refractivity contribution in [2.75, 3.05) is 7.05 Å². The molecule has 0 bridgehead atoms. The Bertz CT molecular complexity index is 578. The van der Waals surface area contributed by atoms with Gasteiger partial charge < -0.3 is 5.32 Å². The fraction of sp³-hybridized carbons (Fsp3) is 0.571. The summed E-state index contributed by atoms with van der Waals surface area (Å²) in [5.74, 6) is 0.0775. The number of hydrogen-bond donors (Lipinski definition) is 1. The third kappa shape index (κ3) is 1.79. The van der Waals surface area contributed by atoms with E-state index in [1.165, 1.54) is 0 Å². The van der Waals surface area contributed by atoms with Gasteiger partial charge in [-0.1, -0.05) is 24.6 Å². The Balaban J connectivity index is 2.81. The Morgan fingerprint density at radius 2 is 1.78 bits per heavy atom. The molecule has 4 heteroatoms. The largest absolute Gasteiger partial charge is 0.313 e. The summed E-state index contributed by atoms with van der Waals surface area (Å²) in [4.78, 5) is 0.540. The first-order valence-corrected chi connectivity index (χ1v) is 7.87. The Morgan fingerprint density at radius 1 is 1.17 bits per heavy atom. The van der Waals surface area contributed by atoms with Crippen LogP contribution in [-0.2, 0) is 9.84 Å². The summed E-state index contributed by atoms with van der Waals surface area (Å²) in [6.45, 7) is 7.71. The molecule has 2 rings (SSSR count). The summed E-state index contributed by atoms with van der Waals surface area (Å²) >= 11 is 0. The monoisotopic (exact) mass is 267 g/mol. The van der Waals surface area contributed by atoms with Crippen LogP contribution in [0.1, 0.15) is 36.6 Å². The molecule has 1 heterocycles. The van der Waals surface area contributed by atoms with Gasteiger partial charge >= 0.3 is 0 Å². The molecule has 1 N–H and O–H groups in total. The van der Waals surface area contributed by atoms with Crippen molar-refractivity contribution in [3.05, 3.63) is 28.8 Å². The van der Waals surface area contributed by atoms with Crippen molar-refractivity contribution in [3.8, 4) is 0 Å². The molecule has 0 fully saturated rings. The van der Waals surface area contributed by atoms with E-state index in [0.717, 1.165) is 16.7 Å². The van der Waals surface area contributed by atoms with E-state index in [1.807, 2.05) is 46.9 Å². The molecule has 100 valence electrons. The van der Waals surface area contributed by atoms with E-state index in [2.05, 4.69) is 5.32 Å². The topological polar surface area (TPSA) is 46.2 Å². The molecule has 1 aliphatic heterocycles. The van der Waals surface area contributed by atoms with Crippen LogP contribution in [0.15, 0.2) is 17.0 Å². The van der Waals surface area contributed by atoms with Crippen LogP contribution >= 0.6 is 0 Å². The summed E-state index contributed by atoms with van der Waals surface area (Å²) < 4.78 is 25.2. The summed E-state index contributed by atoms with van der Waals surface area (Å²) in [5, 5.41) is 2.92. The van der Waals surface area contributed by atoms with Gasteiger partial charge in [0.2, 0.25) is 0 Å². The van der Waals surface area contributed by atoms with Gasteiger partial charge in [0.15, 0.2) is 9.84 Å². The Morgan fingerprint density at radius 3 is 2.33 bits per heavy atom. The highest BCUT2D eigenvalue weighted by Crippen LogP contribution is 2.41. The number of hydrogen-bond acceptors (Lipinski definition) is 3. The quantitative estimate of drug-likeness (QED) is 0.849. The molecule has 1 aromatic carbocycles. The number of fused-ring (bicyclic) bond motifs is 1. The van der Waals surface area contributed by atoms with E-state index in [9.17, 15) is 8.42 Å². The van der Waals surface area contributed by atoms with E-state index >= 15 is 0 Å². The highest BCUT2D eigenvalue weighted by molar-refractivity contribution is 7.92. The second kappa shape index (κ2) is 4.35. The molecule has 0 radical (unpaired) electrons. The number of benzene rings is 1. The van der Waals surface area contributed by atoms with E-state index in [1.54, 1.807) is 0 Å². The zero-order valence-corrected chi connectivity index (χ0v) is 12.4. The van der Waals surface area contributed by atoms with Crippen LogP contribution in [0, 0.1) is 19.8 Å². The second-order valence-electron chi connectivity index (χ2n) is 5.38. The van der Waals surface area contributed by atoms with Gasteiger partial charge in [0.25, 0.3) is 0 Å². The van der Waals surface area contributed by atoms with Gasteiger partial charge in [0.05, 0.1) is 10.1 Å². The number of nitrogens with one attached hydrogen (secondary N) is 1. The lowest BCUT2D eigenvalue weighted by Gasteiger charge is -2.36. The maximum atomic E-state index is 12.6. The maximum Gasteiger partial charge on any atom is 0.181 e. The van der Waals surface area contributed by atoms with Crippen molar-refractivity contribution in [2.24, 2.45) is 5.92 Å². The fourth-order valence-corrected chi connectivity index (χ4v) is 5.16. The average Bonchev–Trinajstić information content (AvgIpc) is 2.25. The van der Waals surface area contributed by atoms with Crippen LogP contribution in [-0.4, -0.2) is 20.7 Å². The third-order valence-electron chi connectivity index (χ3n) is 4.13. The molecule has 0 saturated heterocycles. The molecule has 1 aromatic rings. The minimum atomic E-state index is -3.20. The van der Waals surface area contributed by atoms with E-state index in [-0.39, 0.29) is 17.2 Å². The van der Waals surface area contributed by atoms with E-state index in [4.69, 9.17) is 0 Å². The maximum absolute atomic E-state index is 12.6. The first kappa shape index (κ1) is 13.6. The van der Waals surface area contributed by atoms with E-state index in [0.29, 0.717) is 4.90 Å². The highest BCUT2D eigenvalue weighted by Gasteiger charge is 2.41.